The molecule has 1 saturated heterocycles. The average molecular weight is 285 g/mol. The van der Waals surface area contributed by atoms with Crippen molar-refractivity contribution in [2.24, 2.45) is 17.6 Å². The van der Waals surface area contributed by atoms with E-state index in [0.717, 1.165) is 0 Å². The van der Waals surface area contributed by atoms with Gasteiger partial charge < -0.3 is 21.1 Å². The van der Waals surface area contributed by atoms with Gasteiger partial charge in [-0.05, 0) is 25.2 Å². The number of piperidine rings is 1. The number of carbonyl (C=O) groups is 2. The Morgan fingerprint density at radius 2 is 1.95 bits per heavy atom. The summed E-state index contributed by atoms with van der Waals surface area (Å²) in [5.41, 5.74) is 5.87. The minimum atomic E-state index is -0.454. The fraction of sp³-hybridized carbons (Fsp3) is 0.857. The zero-order valence-corrected chi connectivity index (χ0v) is 12.5. The Bertz CT molecular complexity index is 326. The lowest BCUT2D eigenvalue weighted by Gasteiger charge is -2.33. The van der Waals surface area contributed by atoms with Gasteiger partial charge in [0.1, 0.15) is 0 Å². The molecule has 0 aromatic rings. The molecule has 0 unspecified atom stereocenters. The van der Waals surface area contributed by atoms with Crippen LogP contribution >= 0.6 is 0 Å². The zero-order valence-electron chi connectivity index (χ0n) is 12.5. The molecule has 0 bridgehead atoms. The molecule has 0 spiro atoms. The van der Waals surface area contributed by atoms with E-state index in [2.05, 4.69) is 5.32 Å². The van der Waals surface area contributed by atoms with Gasteiger partial charge in [0.2, 0.25) is 11.8 Å². The minimum Gasteiger partial charge on any atom is -0.396 e. The summed E-state index contributed by atoms with van der Waals surface area (Å²) in [5, 5.41) is 11.5. The predicted molar refractivity (Wildman–Crippen MR) is 76.8 cm³/mol. The summed E-state index contributed by atoms with van der Waals surface area (Å²) >= 11 is 0. The summed E-state index contributed by atoms with van der Waals surface area (Å²) in [6.45, 7) is 5.65. The van der Waals surface area contributed by atoms with Gasteiger partial charge in [0.05, 0.1) is 6.04 Å². The predicted octanol–water partition coefficient (Wildman–Crippen LogP) is -0.293. The Hall–Kier alpha value is -1.14. The van der Waals surface area contributed by atoms with Crippen molar-refractivity contribution >= 4 is 11.8 Å². The number of aliphatic hydroxyl groups excluding tert-OH is 1. The standard InChI is InChI=1S/C14H27N3O3/c1-10(2)12(15)14(20)17-7-4-11(5-8-17)13(19)16-6-3-9-18/h10-12,18H,3-9,15H2,1-2H3,(H,16,19)/t12-/m1/s1. The third-order valence-electron chi connectivity index (χ3n) is 3.81. The first-order valence-electron chi connectivity index (χ1n) is 7.40. The van der Waals surface area contributed by atoms with Crippen LogP contribution in [0.4, 0.5) is 0 Å². The highest BCUT2D eigenvalue weighted by Gasteiger charge is 2.30. The summed E-state index contributed by atoms with van der Waals surface area (Å²) in [7, 11) is 0. The van der Waals surface area contributed by atoms with E-state index >= 15 is 0 Å². The average Bonchev–Trinajstić information content (AvgIpc) is 2.46. The number of hydrogen-bond acceptors (Lipinski definition) is 4. The van der Waals surface area contributed by atoms with Gasteiger partial charge in [-0.15, -0.1) is 0 Å². The number of nitrogens with one attached hydrogen (secondary N) is 1. The molecule has 1 atom stereocenters. The number of rotatable bonds is 6. The van der Waals surface area contributed by atoms with Gasteiger partial charge in [-0.1, -0.05) is 13.8 Å². The van der Waals surface area contributed by atoms with Gasteiger partial charge in [0.25, 0.3) is 0 Å². The molecule has 0 aliphatic carbocycles. The number of hydrogen-bond donors (Lipinski definition) is 3. The topological polar surface area (TPSA) is 95.7 Å². The molecule has 1 aliphatic rings. The lowest BCUT2D eigenvalue weighted by atomic mass is 9.94. The van der Waals surface area contributed by atoms with Crippen LogP contribution in [-0.4, -0.2) is 54.1 Å². The number of likely N-dealkylation sites (tertiary alicyclic amines) is 1. The smallest absolute Gasteiger partial charge is 0.239 e. The lowest BCUT2D eigenvalue weighted by Crippen LogP contribution is -2.50. The number of carbonyl (C=O) groups excluding carboxylic acids is 2. The first-order valence-corrected chi connectivity index (χ1v) is 7.40. The van der Waals surface area contributed by atoms with E-state index < -0.39 is 6.04 Å². The summed E-state index contributed by atoms with van der Waals surface area (Å²) < 4.78 is 0. The van der Waals surface area contributed by atoms with Crippen molar-refractivity contribution in [3.05, 3.63) is 0 Å². The van der Waals surface area contributed by atoms with Crippen molar-refractivity contribution in [2.75, 3.05) is 26.2 Å². The first-order chi connectivity index (χ1) is 9.47. The molecule has 116 valence electrons. The minimum absolute atomic E-state index is 0.0147. The van der Waals surface area contributed by atoms with Crippen LogP contribution in [0.3, 0.4) is 0 Å². The maximum Gasteiger partial charge on any atom is 0.239 e. The first kappa shape index (κ1) is 16.9. The van der Waals surface area contributed by atoms with Crippen LogP contribution in [0.1, 0.15) is 33.1 Å². The van der Waals surface area contributed by atoms with Gasteiger partial charge in [-0.25, -0.2) is 0 Å². The van der Waals surface area contributed by atoms with E-state index in [-0.39, 0.29) is 30.3 Å². The van der Waals surface area contributed by atoms with E-state index in [1.165, 1.54) is 0 Å². The van der Waals surface area contributed by atoms with Crippen molar-refractivity contribution in [2.45, 2.75) is 39.2 Å². The highest BCUT2D eigenvalue weighted by molar-refractivity contribution is 5.83. The second kappa shape index (κ2) is 8.21. The van der Waals surface area contributed by atoms with Gasteiger partial charge in [0.15, 0.2) is 0 Å². The number of nitrogens with two attached hydrogens (primary N) is 1. The van der Waals surface area contributed by atoms with Crippen LogP contribution < -0.4 is 11.1 Å². The molecule has 1 fully saturated rings. The van der Waals surface area contributed by atoms with Crippen LogP contribution in [0.25, 0.3) is 0 Å². The molecule has 4 N–H and O–H groups in total. The monoisotopic (exact) mass is 285 g/mol. The van der Waals surface area contributed by atoms with Gasteiger partial charge >= 0.3 is 0 Å². The fourth-order valence-corrected chi connectivity index (χ4v) is 2.29. The van der Waals surface area contributed by atoms with Gasteiger partial charge in [-0.3, -0.25) is 9.59 Å². The van der Waals surface area contributed by atoms with Crippen molar-refractivity contribution in [3.8, 4) is 0 Å². The van der Waals surface area contributed by atoms with Crippen molar-refractivity contribution in [1.29, 1.82) is 0 Å². The molecule has 0 radical (unpaired) electrons. The molecule has 1 heterocycles. The normalized spacial score (nSPS) is 18.1. The Morgan fingerprint density at radius 3 is 2.45 bits per heavy atom. The third-order valence-corrected chi connectivity index (χ3v) is 3.81. The molecule has 0 saturated carbocycles. The fourth-order valence-electron chi connectivity index (χ4n) is 2.29. The SMILES string of the molecule is CC(C)[C@@H](N)C(=O)N1CCC(C(=O)NCCCO)CC1. The number of nitrogens with zero attached hydrogens (tertiary/aromatic N) is 1. The van der Waals surface area contributed by atoms with Gasteiger partial charge in [-0.2, -0.15) is 0 Å². The molecule has 0 aromatic carbocycles. The van der Waals surface area contributed by atoms with Crippen LogP contribution in [-0.2, 0) is 9.59 Å². The van der Waals surface area contributed by atoms with E-state index in [0.29, 0.717) is 38.9 Å². The molecule has 20 heavy (non-hydrogen) atoms. The van der Waals surface area contributed by atoms with Crippen LogP contribution in [0.2, 0.25) is 0 Å². The Balaban J connectivity index is 2.36. The molecule has 1 rings (SSSR count). The maximum absolute atomic E-state index is 12.1. The van der Waals surface area contributed by atoms with Gasteiger partial charge in [0, 0.05) is 32.2 Å². The van der Waals surface area contributed by atoms with E-state index in [4.69, 9.17) is 10.8 Å². The molecule has 6 heteroatoms. The summed E-state index contributed by atoms with van der Waals surface area (Å²) in [6.07, 6.45) is 1.94. The molecule has 6 nitrogen and oxygen atoms in total. The van der Waals surface area contributed by atoms with Crippen molar-refractivity contribution in [1.82, 2.24) is 10.2 Å². The van der Waals surface area contributed by atoms with Crippen LogP contribution in [0.5, 0.6) is 0 Å². The molecule has 0 aromatic heterocycles. The number of aliphatic hydroxyl groups is 1. The van der Waals surface area contributed by atoms with Crippen LogP contribution in [0.15, 0.2) is 0 Å². The third kappa shape index (κ3) is 4.76. The second-order valence-corrected chi connectivity index (χ2v) is 5.74. The summed E-state index contributed by atoms with van der Waals surface area (Å²) in [4.78, 5) is 25.7. The summed E-state index contributed by atoms with van der Waals surface area (Å²) in [6, 6.07) is -0.454. The van der Waals surface area contributed by atoms with Crippen LogP contribution in [0, 0.1) is 11.8 Å². The van der Waals surface area contributed by atoms with E-state index in [1.54, 1.807) is 4.90 Å². The van der Waals surface area contributed by atoms with Crippen molar-refractivity contribution in [3.63, 3.8) is 0 Å². The van der Waals surface area contributed by atoms with Crippen molar-refractivity contribution < 1.29 is 14.7 Å². The summed E-state index contributed by atoms with van der Waals surface area (Å²) in [5.74, 6) is 0.105. The molecule has 1 aliphatic heterocycles. The lowest BCUT2D eigenvalue weighted by molar-refractivity contribution is -0.137. The Morgan fingerprint density at radius 1 is 1.35 bits per heavy atom. The number of amides is 2. The highest BCUT2D eigenvalue weighted by Crippen LogP contribution is 2.18. The second-order valence-electron chi connectivity index (χ2n) is 5.74. The van der Waals surface area contributed by atoms with E-state index in [9.17, 15) is 9.59 Å². The molecular weight excluding hydrogens is 258 g/mol. The molecule has 2 amide bonds. The molecular formula is C14H27N3O3. The highest BCUT2D eigenvalue weighted by atomic mass is 16.3. The zero-order chi connectivity index (χ0) is 15.1. The quantitative estimate of drug-likeness (QED) is 0.584. The Labute approximate surface area is 120 Å². The largest absolute Gasteiger partial charge is 0.396 e. The maximum atomic E-state index is 12.1. The van der Waals surface area contributed by atoms with E-state index in [1.807, 2.05) is 13.8 Å². The Kier molecular flexibility index (Phi) is 6.95.